The molecule has 5 nitrogen and oxygen atoms in total. The van der Waals surface area contributed by atoms with E-state index >= 15 is 0 Å². The van der Waals surface area contributed by atoms with Gasteiger partial charge in [0.25, 0.3) is 5.91 Å². The number of nitrogens with one attached hydrogen (secondary N) is 1. The second kappa shape index (κ2) is 6.74. The Morgan fingerprint density at radius 3 is 2.48 bits per heavy atom. The van der Waals surface area contributed by atoms with E-state index in [2.05, 4.69) is 15.5 Å². The third-order valence-electron chi connectivity index (χ3n) is 3.16. The lowest BCUT2D eigenvalue weighted by Gasteiger charge is -2.21. The minimum absolute atomic E-state index is 0.0430. The first kappa shape index (κ1) is 16.9. The molecule has 0 fully saturated rings. The first-order valence-corrected chi connectivity index (χ1v) is 6.71. The summed E-state index contributed by atoms with van der Waals surface area (Å²) in [6.45, 7) is 1.00. The van der Waals surface area contributed by atoms with Crippen molar-refractivity contribution in [3.63, 3.8) is 0 Å². The zero-order valence-electron chi connectivity index (χ0n) is 12.1. The van der Waals surface area contributed by atoms with Crippen LogP contribution in [-0.2, 0) is 6.18 Å². The standard InChI is InChI=1S/C15H14F3N3O2/c1-9-6-7-12(21-20-9)14(23)19-13(8-22)10-4-2-3-5-11(10)15(16,17)18/h2-7,13,22H,8H2,1H3,(H,19,23). The van der Waals surface area contributed by atoms with Gasteiger partial charge >= 0.3 is 6.18 Å². The van der Waals surface area contributed by atoms with E-state index in [-0.39, 0.29) is 11.3 Å². The molecule has 0 bridgehead atoms. The Hall–Kier alpha value is -2.48. The third-order valence-corrected chi connectivity index (χ3v) is 3.16. The summed E-state index contributed by atoms with van der Waals surface area (Å²) in [6.07, 6.45) is -4.58. The third kappa shape index (κ3) is 4.04. The Kier molecular flexibility index (Phi) is 4.95. The van der Waals surface area contributed by atoms with E-state index in [1.165, 1.54) is 24.3 Å². The molecule has 2 rings (SSSR count). The van der Waals surface area contributed by atoms with Crippen LogP contribution in [0.5, 0.6) is 0 Å². The molecule has 1 heterocycles. The Labute approximate surface area is 130 Å². The van der Waals surface area contributed by atoms with Crippen LogP contribution < -0.4 is 5.32 Å². The van der Waals surface area contributed by atoms with Gasteiger partial charge in [0, 0.05) is 0 Å². The molecule has 1 atom stereocenters. The first-order chi connectivity index (χ1) is 10.8. The highest BCUT2D eigenvalue weighted by Crippen LogP contribution is 2.34. The summed E-state index contributed by atoms with van der Waals surface area (Å²) in [5.74, 6) is -0.714. The molecule has 1 amide bonds. The fraction of sp³-hybridized carbons (Fsp3) is 0.267. The average molecular weight is 325 g/mol. The van der Waals surface area contributed by atoms with Crippen molar-refractivity contribution in [2.24, 2.45) is 0 Å². The molecule has 0 saturated heterocycles. The Bertz CT molecular complexity index is 687. The summed E-state index contributed by atoms with van der Waals surface area (Å²) in [5.41, 5.74) is -0.563. The smallest absolute Gasteiger partial charge is 0.394 e. The number of benzene rings is 1. The van der Waals surface area contributed by atoms with Crippen molar-refractivity contribution in [3.05, 3.63) is 58.9 Å². The van der Waals surface area contributed by atoms with E-state index in [1.807, 2.05) is 0 Å². The molecule has 1 aromatic heterocycles. The van der Waals surface area contributed by atoms with Crippen molar-refractivity contribution < 1.29 is 23.1 Å². The van der Waals surface area contributed by atoms with E-state index < -0.39 is 30.3 Å². The summed E-state index contributed by atoms with van der Waals surface area (Å²) in [7, 11) is 0. The Morgan fingerprint density at radius 1 is 1.22 bits per heavy atom. The van der Waals surface area contributed by atoms with Gasteiger partial charge in [-0.05, 0) is 30.7 Å². The van der Waals surface area contributed by atoms with E-state index in [0.29, 0.717) is 5.69 Å². The monoisotopic (exact) mass is 325 g/mol. The molecule has 8 heteroatoms. The van der Waals surface area contributed by atoms with Gasteiger partial charge in [-0.25, -0.2) is 0 Å². The fourth-order valence-electron chi connectivity index (χ4n) is 2.03. The van der Waals surface area contributed by atoms with Gasteiger partial charge in [0.2, 0.25) is 0 Å². The normalized spacial score (nSPS) is 12.7. The van der Waals surface area contributed by atoms with E-state index in [4.69, 9.17) is 0 Å². The molecule has 0 saturated carbocycles. The largest absolute Gasteiger partial charge is 0.416 e. The number of alkyl halides is 3. The number of aromatic nitrogens is 2. The van der Waals surface area contributed by atoms with Crippen molar-refractivity contribution in [1.29, 1.82) is 0 Å². The lowest BCUT2D eigenvalue weighted by atomic mass is 10.00. The van der Waals surface area contributed by atoms with Crippen molar-refractivity contribution in [2.75, 3.05) is 6.61 Å². The van der Waals surface area contributed by atoms with Crippen LogP contribution in [0.1, 0.15) is 33.4 Å². The number of aryl methyl sites for hydroxylation is 1. The van der Waals surface area contributed by atoms with Gasteiger partial charge < -0.3 is 10.4 Å². The molecule has 1 unspecified atom stereocenters. The predicted molar refractivity (Wildman–Crippen MR) is 75.5 cm³/mol. The first-order valence-electron chi connectivity index (χ1n) is 6.71. The molecular weight excluding hydrogens is 311 g/mol. The minimum Gasteiger partial charge on any atom is -0.394 e. The van der Waals surface area contributed by atoms with Crippen LogP contribution in [0, 0.1) is 6.92 Å². The van der Waals surface area contributed by atoms with Gasteiger partial charge in [0.05, 0.1) is 23.9 Å². The number of nitrogens with zero attached hydrogens (tertiary/aromatic N) is 2. The molecule has 0 aliphatic heterocycles. The zero-order chi connectivity index (χ0) is 17.0. The van der Waals surface area contributed by atoms with Crippen LogP contribution in [0.2, 0.25) is 0 Å². The average Bonchev–Trinajstić information content (AvgIpc) is 2.52. The van der Waals surface area contributed by atoms with E-state index in [9.17, 15) is 23.1 Å². The van der Waals surface area contributed by atoms with Crippen LogP contribution in [0.15, 0.2) is 36.4 Å². The summed E-state index contributed by atoms with van der Waals surface area (Å²) in [5, 5.41) is 19.1. The molecule has 0 spiro atoms. The summed E-state index contributed by atoms with van der Waals surface area (Å²) in [6, 6.07) is 6.52. The Balaban J connectivity index is 2.27. The van der Waals surface area contributed by atoms with Crippen LogP contribution >= 0.6 is 0 Å². The highest BCUT2D eigenvalue weighted by molar-refractivity contribution is 5.92. The highest BCUT2D eigenvalue weighted by atomic mass is 19.4. The number of halogens is 3. The summed E-state index contributed by atoms with van der Waals surface area (Å²) >= 11 is 0. The van der Waals surface area contributed by atoms with Crippen LogP contribution in [0.4, 0.5) is 13.2 Å². The number of rotatable bonds is 4. The molecule has 0 aliphatic carbocycles. The molecular formula is C15H14F3N3O2. The minimum atomic E-state index is -4.58. The highest BCUT2D eigenvalue weighted by Gasteiger charge is 2.35. The number of hydrogen-bond acceptors (Lipinski definition) is 4. The SMILES string of the molecule is Cc1ccc(C(=O)NC(CO)c2ccccc2C(F)(F)F)nn1. The number of aliphatic hydroxyl groups is 1. The maximum atomic E-state index is 13.0. The quantitative estimate of drug-likeness (QED) is 0.904. The molecule has 122 valence electrons. The van der Waals surface area contributed by atoms with E-state index in [0.717, 1.165) is 6.07 Å². The summed E-state index contributed by atoms with van der Waals surface area (Å²) in [4.78, 5) is 12.1. The molecule has 1 aromatic carbocycles. The second-order valence-electron chi connectivity index (χ2n) is 4.85. The molecule has 23 heavy (non-hydrogen) atoms. The van der Waals surface area contributed by atoms with Gasteiger partial charge in [-0.2, -0.15) is 18.3 Å². The van der Waals surface area contributed by atoms with Crippen molar-refractivity contribution >= 4 is 5.91 Å². The lowest BCUT2D eigenvalue weighted by Crippen LogP contribution is -2.33. The molecule has 2 aromatic rings. The van der Waals surface area contributed by atoms with Gasteiger partial charge in [0.15, 0.2) is 5.69 Å². The number of aliphatic hydroxyl groups excluding tert-OH is 1. The molecule has 0 radical (unpaired) electrons. The van der Waals surface area contributed by atoms with Crippen LogP contribution in [0.3, 0.4) is 0 Å². The fourth-order valence-corrected chi connectivity index (χ4v) is 2.03. The van der Waals surface area contributed by atoms with Crippen molar-refractivity contribution in [3.8, 4) is 0 Å². The second-order valence-corrected chi connectivity index (χ2v) is 4.85. The lowest BCUT2D eigenvalue weighted by molar-refractivity contribution is -0.138. The zero-order valence-corrected chi connectivity index (χ0v) is 12.1. The van der Waals surface area contributed by atoms with Crippen LogP contribution in [-0.4, -0.2) is 27.8 Å². The van der Waals surface area contributed by atoms with Crippen molar-refractivity contribution in [1.82, 2.24) is 15.5 Å². The number of carbonyl (C=O) groups excluding carboxylic acids is 1. The van der Waals surface area contributed by atoms with Gasteiger partial charge in [-0.15, -0.1) is 5.10 Å². The van der Waals surface area contributed by atoms with E-state index in [1.54, 1.807) is 13.0 Å². The Morgan fingerprint density at radius 2 is 1.91 bits per heavy atom. The van der Waals surface area contributed by atoms with Gasteiger partial charge in [-0.3, -0.25) is 4.79 Å². The van der Waals surface area contributed by atoms with Crippen LogP contribution in [0.25, 0.3) is 0 Å². The molecule has 2 N–H and O–H groups in total. The number of amides is 1. The van der Waals surface area contributed by atoms with Gasteiger partial charge in [0.1, 0.15) is 0 Å². The van der Waals surface area contributed by atoms with Gasteiger partial charge in [-0.1, -0.05) is 18.2 Å². The number of hydrogen-bond donors (Lipinski definition) is 2. The number of carbonyl (C=O) groups is 1. The maximum Gasteiger partial charge on any atom is 0.416 e. The van der Waals surface area contributed by atoms with Crippen molar-refractivity contribution in [2.45, 2.75) is 19.1 Å². The topological polar surface area (TPSA) is 75.1 Å². The summed E-state index contributed by atoms with van der Waals surface area (Å²) < 4.78 is 39.1. The molecule has 0 aliphatic rings. The predicted octanol–water partition coefficient (Wildman–Crippen LogP) is 2.27. The maximum absolute atomic E-state index is 13.0.